The minimum absolute atomic E-state index is 0.190. The molecule has 5 heteroatoms. The van der Waals surface area contributed by atoms with Crippen LogP contribution >= 0.6 is 28.1 Å². The molecule has 3 nitrogen and oxygen atoms in total. The molecule has 0 unspecified atom stereocenters. The molecule has 0 aromatic heterocycles. The molecule has 1 rings (SSSR count). The Labute approximate surface area is 95.8 Å². The van der Waals surface area contributed by atoms with Crippen LogP contribution in [0.25, 0.3) is 0 Å². The molecule has 14 heavy (non-hydrogen) atoms. The van der Waals surface area contributed by atoms with Crippen molar-refractivity contribution in [3.05, 3.63) is 34.3 Å². The van der Waals surface area contributed by atoms with Crippen molar-refractivity contribution in [1.82, 2.24) is 5.32 Å². The average molecular weight is 273 g/mol. The predicted octanol–water partition coefficient (Wildman–Crippen LogP) is 1.47. The Morgan fingerprint density at radius 3 is 2.71 bits per heavy atom. The second kappa shape index (κ2) is 5.07. The van der Waals surface area contributed by atoms with Gasteiger partial charge in [-0.2, -0.15) is 0 Å². The Morgan fingerprint density at radius 2 is 2.14 bits per heavy atom. The van der Waals surface area contributed by atoms with Crippen LogP contribution in [0.5, 0.6) is 0 Å². The molecule has 0 atom stereocenters. The van der Waals surface area contributed by atoms with E-state index >= 15 is 0 Å². The van der Waals surface area contributed by atoms with E-state index in [2.05, 4.69) is 33.5 Å². The van der Waals surface area contributed by atoms with E-state index in [1.807, 2.05) is 6.07 Å². The van der Waals surface area contributed by atoms with E-state index in [9.17, 15) is 4.79 Å². The van der Waals surface area contributed by atoms with Crippen molar-refractivity contribution < 1.29 is 4.79 Å². The Balaban J connectivity index is 2.70. The Hall–Kier alpha value is -0.940. The normalized spacial score (nSPS) is 9.50. The standard InChI is InChI=1S/C9H9BrN2OS/c10-7-4-2-1-3-6(7)9(13)12-5-8(11)14/h1-4H,5H2,(H2,11,14)(H,12,13). The fourth-order valence-corrected chi connectivity index (χ4v) is 1.44. The first-order valence-corrected chi connectivity index (χ1v) is 5.12. The van der Waals surface area contributed by atoms with Crippen LogP contribution in [-0.4, -0.2) is 17.4 Å². The summed E-state index contributed by atoms with van der Waals surface area (Å²) in [7, 11) is 0. The number of carbonyl (C=O) groups is 1. The van der Waals surface area contributed by atoms with Crippen molar-refractivity contribution in [2.45, 2.75) is 0 Å². The molecular formula is C9H9BrN2OS. The second-order valence-electron chi connectivity index (χ2n) is 2.63. The van der Waals surface area contributed by atoms with Crippen molar-refractivity contribution in [2.75, 3.05) is 6.54 Å². The fraction of sp³-hybridized carbons (Fsp3) is 0.111. The van der Waals surface area contributed by atoms with Crippen molar-refractivity contribution >= 4 is 39.0 Å². The van der Waals surface area contributed by atoms with Crippen molar-refractivity contribution in [3.8, 4) is 0 Å². The third-order valence-electron chi connectivity index (χ3n) is 1.54. The number of hydrogen-bond donors (Lipinski definition) is 2. The number of benzene rings is 1. The Morgan fingerprint density at radius 1 is 1.50 bits per heavy atom. The van der Waals surface area contributed by atoms with E-state index in [1.54, 1.807) is 18.2 Å². The maximum atomic E-state index is 11.5. The number of rotatable bonds is 3. The van der Waals surface area contributed by atoms with Gasteiger partial charge in [-0.1, -0.05) is 24.4 Å². The van der Waals surface area contributed by atoms with Gasteiger partial charge in [0.15, 0.2) is 0 Å². The van der Waals surface area contributed by atoms with Gasteiger partial charge in [-0.15, -0.1) is 0 Å². The van der Waals surface area contributed by atoms with Crippen LogP contribution in [0, 0.1) is 0 Å². The number of amides is 1. The summed E-state index contributed by atoms with van der Waals surface area (Å²) in [5.41, 5.74) is 5.83. The molecule has 0 aliphatic rings. The summed E-state index contributed by atoms with van der Waals surface area (Å²) in [6.45, 7) is 0.218. The first-order valence-electron chi connectivity index (χ1n) is 3.92. The highest BCUT2D eigenvalue weighted by Gasteiger charge is 2.07. The lowest BCUT2D eigenvalue weighted by molar-refractivity contribution is 0.0958. The monoisotopic (exact) mass is 272 g/mol. The number of nitrogens with two attached hydrogens (primary N) is 1. The third-order valence-corrected chi connectivity index (χ3v) is 2.38. The molecule has 0 saturated heterocycles. The smallest absolute Gasteiger partial charge is 0.252 e. The third kappa shape index (κ3) is 3.08. The van der Waals surface area contributed by atoms with Gasteiger partial charge in [0.1, 0.15) is 0 Å². The van der Waals surface area contributed by atoms with Gasteiger partial charge in [0.05, 0.1) is 17.1 Å². The maximum Gasteiger partial charge on any atom is 0.252 e. The van der Waals surface area contributed by atoms with E-state index < -0.39 is 0 Å². The number of halogens is 1. The summed E-state index contributed by atoms with van der Waals surface area (Å²) < 4.78 is 0.750. The van der Waals surface area contributed by atoms with Gasteiger partial charge in [0.2, 0.25) is 0 Å². The van der Waals surface area contributed by atoms with Gasteiger partial charge in [0.25, 0.3) is 5.91 Å². The molecule has 3 N–H and O–H groups in total. The molecule has 1 aromatic rings. The van der Waals surface area contributed by atoms with Crippen LogP contribution < -0.4 is 11.1 Å². The second-order valence-corrected chi connectivity index (χ2v) is 4.01. The first kappa shape index (κ1) is 11.1. The molecular weight excluding hydrogens is 264 g/mol. The lowest BCUT2D eigenvalue weighted by Crippen LogP contribution is -2.32. The molecule has 0 radical (unpaired) electrons. The minimum atomic E-state index is -0.190. The molecule has 0 spiro atoms. The van der Waals surface area contributed by atoms with E-state index in [0.717, 1.165) is 4.47 Å². The van der Waals surface area contributed by atoms with Crippen molar-refractivity contribution in [1.29, 1.82) is 0 Å². The topological polar surface area (TPSA) is 55.1 Å². The highest BCUT2D eigenvalue weighted by Crippen LogP contribution is 2.15. The summed E-state index contributed by atoms with van der Waals surface area (Å²) in [5, 5.41) is 2.60. The first-order chi connectivity index (χ1) is 6.61. The van der Waals surface area contributed by atoms with Crippen LogP contribution in [0.4, 0.5) is 0 Å². The molecule has 1 amide bonds. The van der Waals surface area contributed by atoms with Crippen LogP contribution in [0.15, 0.2) is 28.7 Å². The van der Waals surface area contributed by atoms with Crippen LogP contribution in [0.1, 0.15) is 10.4 Å². The zero-order valence-corrected chi connectivity index (χ0v) is 9.69. The largest absolute Gasteiger partial charge is 0.392 e. The lowest BCUT2D eigenvalue weighted by atomic mass is 10.2. The highest BCUT2D eigenvalue weighted by molar-refractivity contribution is 9.10. The molecule has 0 heterocycles. The quantitative estimate of drug-likeness (QED) is 0.820. The van der Waals surface area contributed by atoms with E-state index in [0.29, 0.717) is 5.56 Å². The summed E-state index contributed by atoms with van der Waals surface area (Å²) in [6, 6.07) is 7.16. The van der Waals surface area contributed by atoms with Gasteiger partial charge in [-0.05, 0) is 28.1 Å². The SMILES string of the molecule is NC(=S)CNC(=O)c1ccccc1Br. The number of thiocarbonyl (C=S) groups is 1. The molecule has 0 aliphatic carbocycles. The van der Waals surface area contributed by atoms with E-state index in [1.165, 1.54) is 0 Å². The predicted molar refractivity (Wildman–Crippen MR) is 63.3 cm³/mol. The number of hydrogen-bond acceptors (Lipinski definition) is 2. The fourth-order valence-electron chi connectivity index (χ4n) is 0.908. The summed E-state index contributed by atoms with van der Waals surface area (Å²) in [6.07, 6.45) is 0. The molecule has 0 saturated carbocycles. The molecule has 74 valence electrons. The lowest BCUT2D eigenvalue weighted by Gasteiger charge is -2.05. The molecule has 0 aliphatic heterocycles. The van der Waals surface area contributed by atoms with E-state index in [4.69, 9.17) is 5.73 Å². The molecule has 1 aromatic carbocycles. The molecule has 0 fully saturated rings. The Kier molecular flexibility index (Phi) is 4.03. The van der Waals surface area contributed by atoms with Crippen molar-refractivity contribution in [3.63, 3.8) is 0 Å². The van der Waals surface area contributed by atoms with Gasteiger partial charge >= 0.3 is 0 Å². The zero-order valence-electron chi connectivity index (χ0n) is 7.29. The van der Waals surface area contributed by atoms with Gasteiger partial charge in [-0.25, -0.2) is 0 Å². The van der Waals surface area contributed by atoms with Gasteiger partial charge < -0.3 is 11.1 Å². The van der Waals surface area contributed by atoms with Gasteiger partial charge in [-0.3, -0.25) is 4.79 Å². The van der Waals surface area contributed by atoms with Crippen LogP contribution in [0.3, 0.4) is 0 Å². The molecule has 0 bridgehead atoms. The average Bonchev–Trinajstić information content (AvgIpc) is 2.15. The summed E-state index contributed by atoms with van der Waals surface area (Å²) in [5.74, 6) is -0.190. The van der Waals surface area contributed by atoms with Crippen LogP contribution in [-0.2, 0) is 0 Å². The van der Waals surface area contributed by atoms with Crippen LogP contribution in [0.2, 0.25) is 0 Å². The summed E-state index contributed by atoms with van der Waals surface area (Å²) in [4.78, 5) is 11.8. The highest BCUT2D eigenvalue weighted by atomic mass is 79.9. The number of carbonyl (C=O) groups excluding carboxylic acids is 1. The zero-order chi connectivity index (χ0) is 10.6. The van der Waals surface area contributed by atoms with E-state index in [-0.39, 0.29) is 17.4 Å². The maximum absolute atomic E-state index is 11.5. The Bertz CT molecular complexity index is 368. The van der Waals surface area contributed by atoms with Crippen molar-refractivity contribution in [2.24, 2.45) is 5.73 Å². The minimum Gasteiger partial charge on any atom is -0.392 e. The van der Waals surface area contributed by atoms with Gasteiger partial charge in [0, 0.05) is 4.47 Å². The summed E-state index contributed by atoms with van der Waals surface area (Å²) >= 11 is 7.93. The number of nitrogens with one attached hydrogen (secondary N) is 1.